The van der Waals surface area contributed by atoms with Crippen molar-refractivity contribution < 1.29 is 9.32 Å². The lowest BCUT2D eigenvalue weighted by molar-refractivity contribution is -0.129. The molecule has 0 fully saturated rings. The molecule has 6 nitrogen and oxygen atoms in total. The van der Waals surface area contributed by atoms with E-state index in [4.69, 9.17) is 4.52 Å². The number of aromatic amines is 1. The van der Waals surface area contributed by atoms with Crippen LogP contribution in [0.4, 0.5) is 0 Å². The number of rotatable bonds is 4. The first-order chi connectivity index (χ1) is 9.74. The molecular formula is C14H14N4O2. The first kappa shape index (κ1) is 12.4. The Bertz CT molecular complexity index is 718. The maximum Gasteiger partial charge on any atom is 0.228 e. The number of carbonyl (C=O) groups excluding carboxylic acids is 1. The third-order valence-corrected chi connectivity index (χ3v) is 3.14. The van der Waals surface area contributed by atoms with Gasteiger partial charge in [0, 0.05) is 24.8 Å². The van der Waals surface area contributed by atoms with E-state index in [9.17, 15) is 4.79 Å². The van der Waals surface area contributed by atoms with Crippen LogP contribution in [0, 0.1) is 0 Å². The average Bonchev–Trinajstić information content (AvgIpc) is 3.09. The van der Waals surface area contributed by atoms with Gasteiger partial charge in [0.2, 0.25) is 5.91 Å². The second-order valence-electron chi connectivity index (χ2n) is 4.59. The number of carbonyl (C=O) groups is 1. The van der Waals surface area contributed by atoms with Crippen molar-refractivity contribution in [3.05, 3.63) is 48.2 Å². The van der Waals surface area contributed by atoms with Gasteiger partial charge in [-0.1, -0.05) is 17.3 Å². The number of fused-ring (bicyclic) bond motifs is 1. The number of benzene rings is 1. The van der Waals surface area contributed by atoms with E-state index in [-0.39, 0.29) is 12.3 Å². The molecule has 3 aromatic rings. The maximum atomic E-state index is 12.2. The van der Waals surface area contributed by atoms with Gasteiger partial charge in [-0.2, -0.15) is 0 Å². The lowest BCUT2D eigenvalue weighted by Crippen LogP contribution is -2.28. The van der Waals surface area contributed by atoms with Crippen LogP contribution >= 0.6 is 0 Å². The molecule has 0 bridgehead atoms. The molecule has 6 heteroatoms. The van der Waals surface area contributed by atoms with Gasteiger partial charge in [0.25, 0.3) is 0 Å². The van der Waals surface area contributed by atoms with E-state index in [0.717, 1.165) is 11.2 Å². The Morgan fingerprint density at radius 1 is 1.40 bits per heavy atom. The number of hydrogen-bond donors (Lipinski definition) is 1. The Morgan fingerprint density at radius 2 is 2.25 bits per heavy atom. The molecule has 0 spiro atoms. The van der Waals surface area contributed by atoms with Gasteiger partial charge in [0.15, 0.2) is 5.58 Å². The van der Waals surface area contributed by atoms with Crippen LogP contribution in [0.1, 0.15) is 11.5 Å². The molecule has 3 rings (SSSR count). The quantitative estimate of drug-likeness (QED) is 0.783. The largest absolute Gasteiger partial charge is 0.356 e. The molecule has 0 unspecified atom stereocenters. The van der Waals surface area contributed by atoms with E-state index in [1.54, 1.807) is 24.3 Å². The highest BCUT2D eigenvalue weighted by Crippen LogP contribution is 2.18. The number of nitrogens with one attached hydrogen (secondary N) is 1. The summed E-state index contributed by atoms with van der Waals surface area (Å²) in [5.41, 5.74) is 1.36. The summed E-state index contributed by atoms with van der Waals surface area (Å²) in [7, 11) is 1.74. The molecule has 0 saturated heterocycles. The summed E-state index contributed by atoms with van der Waals surface area (Å²) >= 11 is 0. The highest BCUT2D eigenvalue weighted by Gasteiger charge is 2.16. The van der Waals surface area contributed by atoms with Crippen molar-refractivity contribution in [1.82, 2.24) is 20.0 Å². The third kappa shape index (κ3) is 2.40. The molecule has 1 aromatic carbocycles. The van der Waals surface area contributed by atoms with Gasteiger partial charge >= 0.3 is 0 Å². The zero-order valence-electron chi connectivity index (χ0n) is 11.0. The molecule has 0 aliphatic rings. The number of H-pyrrole nitrogens is 1. The normalized spacial score (nSPS) is 10.8. The van der Waals surface area contributed by atoms with Crippen molar-refractivity contribution in [2.75, 3.05) is 7.05 Å². The van der Waals surface area contributed by atoms with Gasteiger partial charge in [-0.25, -0.2) is 4.98 Å². The Kier molecular flexibility index (Phi) is 3.20. The van der Waals surface area contributed by atoms with Gasteiger partial charge < -0.3 is 14.4 Å². The average molecular weight is 270 g/mol. The Labute approximate surface area is 115 Å². The summed E-state index contributed by atoms with van der Waals surface area (Å²) in [6.07, 6.45) is 3.62. The number of aromatic nitrogens is 3. The fourth-order valence-electron chi connectivity index (χ4n) is 2.04. The summed E-state index contributed by atoms with van der Waals surface area (Å²) in [5, 5.41) is 4.85. The molecule has 2 aromatic heterocycles. The van der Waals surface area contributed by atoms with Gasteiger partial charge in [0.05, 0.1) is 13.0 Å². The maximum absolute atomic E-state index is 12.2. The summed E-state index contributed by atoms with van der Waals surface area (Å²) in [6.45, 7) is 0.446. The fourth-order valence-corrected chi connectivity index (χ4v) is 2.04. The number of amides is 1. The number of nitrogens with zero attached hydrogens (tertiary/aromatic N) is 3. The molecule has 0 saturated carbocycles. The highest BCUT2D eigenvalue weighted by atomic mass is 16.5. The van der Waals surface area contributed by atoms with E-state index in [0.29, 0.717) is 17.8 Å². The van der Waals surface area contributed by atoms with Gasteiger partial charge in [-0.05, 0) is 12.1 Å². The molecule has 1 amide bonds. The first-order valence-electron chi connectivity index (χ1n) is 6.29. The summed E-state index contributed by atoms with van der Waals surface area (Å²) in [6, 6.07) is 7.52. The fraction of sp³-hybridized carbons (Fsp3) is 0.214. The zero-order chi connectivity index (χ0) is 13.9. The molecule has 0 aliphatic heterocycles. The molecule has 0 radical (unpaired) electrons. The lowest BCUT2D eigenvalue weighted by Gasteiger charge is -2.14. The molecule has 102 valence electrons. The minimum atomic E-state index is -0.0274. The van der Waals surface area contributed by atoms with Gasteiger partial charge in [0.1, 0.15) is 11.5 Å². The van der Waals surface area contributed by atoms with E-state index < -0.39 is 0 Å². The first-order valence-corrected chi connectivity index (χ1v) is 6.29. The molecule has 20 heavy (non-hydrogen) atoms. The van der Waals surface area contributed by atoms with Crippen molar-refractivity contribution in [2.24, 2.45) is 0 Å². The van der Waals surface area contributed by atoms with Crippen LogP contribution in [0.3, 0.4) is 0 Å². The molecule has 0 aliphatic carbocycles. The minimum absolute atomic E-state index is 0.0274. The standard InChI is InChI=1S/C14H14N4O2/c1-18(9-13-15-6-7-16-13)14(19)8-11-10-4-2-3-5-12(10)20-17-11/h2-7H,8-9H2,1H3,(H,15,16). The molecule has 1 N–H and O–H groups in total. The third-order valence-electron chi connectivity index (χ3n) is 3.14. The van der Waals surface area contributed by atoms with E-state index in [1.165, 1.54) is 0 Å². The topological polar surface area (TPSA) is 75.0 Å². The summed E-state index contributed by atoms with van der Waals surface area (Å²) < 4.78 is 5.20. The monoisotopic (exact) mass is 270 g/mol. The van der Waals surface area contributed by atoms with Crippen LogP contribution in [0.25, 0.3) is 11.0 Å². The number of likely N-dealkylation sites (N-methyl/N-ethyl adjacent to an activating group) is 1. The SMILES string of the molecule is CN(Cc1ncc[nH]1)C(=O)Cc1noc2ccccc12. The Morgan fingerprint density at radius 3 is 3.05 bits per heavy atom. The van der Waals surface area contributed by atoms with Crippen molar-refractivity contribution in [3.63, 3.8) is 0 Å². The summed E-state index contributed by atoms with van der Waals surface area (Å²) in [5.74, 6) is 0.728. The second kappa shape index (κ2) is 5.16. The van der Waals surface area contributed by atoms with Crippen LogP contribution in [-0.4, -0.2) is 33.0 Å². The predicted octanol–water partition coefficient (Wildman–Crippen LogP) is 1.75. The number of hydrogen-bond acceptors (Lipinski definition) is 4. The lowest BCUT2D eigenvalue weighted by atomic mass is 10.1. The van der Waals surface area contributed by atoms with E-state index >= 15 is 0 Å². The second-order valence-corrected chi connectivity index (χ2v) is 4.59. The summed E-state index contributed by atoms with van der Waals surface area (Å²) in [4.78, 5) is 20.9. The predicted molar refractivity (Wildman–Crippen MR) is 72.8 cm³/mol. The van der Waals surface area contributed by atoms with E-state index in [2.05, 4.69) is 15.1 Å². The minimum Gasteiger partial charge on any atom is -0.356 e. The van der Waals surface area contributed by atoms with E-state index in [1.807, 2.05) is 24.3 Å². The highest BCUT2D eigenvalue weighted by molar-refractivity contribution is 5.86. The molecular weight excluding hydrogens is 256 g/mol. The Hall–Kier alpha value is -2.63. The van der Waals surface area contributed by atoms with Crippen LogP contribution < -0.4 is 0 Å². The van der Waals surface area contributed by atoms with Crippen molar-refractivity contribution >= 4 is 16.9 Å². The van der Waals surface area contributed by atoms with Crippen molar-refractivity contribution in [2.45, 2.75) is 13.0 Å². The van der Waals surface area contributed by atoms with Crippen LogP contribution in [0.2, 0.25) is 0 Å². The zero-order valence-corrected chi connectivity index (χ0v) is 11.0. The molecule has 2 heterocycles. The van der Waals surface area contributed by atoms with Gasteiger partial charge in [-0.15, -0.1) is 0 Å². The molecule has 0 atom stereocenters. The van der Waals surface area contributed by atoms with Crippen LogP contribution in [0.15, 0.2) is 41.2 Å². The number of para-hydroxylation sites is 1. The van der Waals surface area contributed by atoms with Gasteiger partial charge in [-0.3, -0.25) is 4.79 Å². The van der Waals surface area contributed by atoms with Crippen molar-refractivity contribution in [3.8, 4) is 0 Å². The van der Waals surface area contributed by atoms with Crippen LogP contribution in [-0.2, 0) is 17.8 Å². The number of imidazole rings is 1. The smallest absolute Gasteiger partial charge is 0.228 e. The van der Waals surface area contributed by atoms with Crippen LogP contribution in [0.5, 0.6) is 0 Å². The van der Waals surface area contributed by atoms with Crippen molar-refractivity contribution in [1.29, 1.82) is 0 Å². The Balaban J connectivity index is 1.72.